The lowest BCUT2D eigenvalue weighted by atomic mass is 10.5. The highest BCUT2D eigenvalue weighted by Gasteiger charge is 2.24. The first kappa shape index (κ1) is 7.63. The van der Waals surface area contributed by atoms with Gasteiger partial charge in [0.2, 0.25) is 0 Å². The van der Waals surface area contributed by atoms with Crippen molar-refractivity contribution >= 4 is 27.5 Å². The van der Waals surface area contributed by atoms with Crippen molar-refractivity contribution in [1.29, 1.82) is 0 Å². The first-order chi connectivity index (χ1) is 3.12. The lowest BCUT2D eigenvalue weighted by Gasteiger charge is -2.05. The molecule has 0 radical (unpaired) electrons. The molecule has 0 aliphatic rings. The van der Waals surface area contributed by atoms with Crippen LogP contribution < -0.4 is 0 Å². The Bertz CT molecular complexity index is 50.9. The van der Waals surface area contributed by atoms with Crippen molar-refractivity contribution in [3.05, 3.63) is 0 Å². The van der Waals surface area contributed by atoms with E-state index >= 15 is 0 Å². The van der Waals surface area contributed by atoms with Gasteiger partial charge >= 0.3 is 0 Å². The van der Waals surface area contributed by atoms with Crippen molar-refractivity contribution in [2.75, 3.05) is 11.2 Å². The number of rotatable bonds is 2. The van der Waals surface area contributed by atoms with Crippen LogP contribution in [0, 0.1) is 0 Å². The molecule has 0 rings (SSSR count). The van der Waals surface area contributed by atoms with Gasteiger partial charge in [-0.25, -0.2) is 8.78 Å². The smallest absolute Gasteiger partial charge is 0.205 e. The molecule has 0 aliphatic heterocycles. The van der Waals surface area contributed by atoms with E-state index < -0.39 is 11.8 Å². The molecule has 0 spiro atoms. The second-order valence-corrected chi connectivity index (χ2v) is 1.95. The summed E-state index contributed by atoms with van der Waals surface area (Å²) in [5, 5.41) is -0.358. The summed E-state index contributed by atoms with van der Waals surface area (Å²) in [4.78, 5) is 0. The zero-order valence-electron chi connectivity index (χ0n) is 3.43. The normalized spacial score (nSPS) is 12.0. The largest absolute Gasteiger partial charge is 0.270 e. The molecule has 0 aromatic carbocycles. The standard InChI is InChI=1S/C3H4BrClF2/c4-1-3(6,7)2-5/h1-2H2. The van der Waals surface area contributed by atoms with E-state index in [0.29, 0.717) is 0 Å². The van der Waals surface area contributed by atoms with Crippen LogP contribution in [0.4, 0.5) is 8.78 Å². The first-order valence-electron chi connectivity index (χ1n) is 1.62. The monoisotopic (exact) mass is 192 g/mol. The Labute approximate surface area is 54.0 Å². The summed E-state index contributed by atoms with van der Waals surface area (Å²) >= 11 is 7.41. The number of hydrogen-bond donors (Lipinski definition) is 0. The second kappa shape index (κ2) is 2.82. The van der Waals surface area contributed by atoms with Crippen LogP contribution in [0.1, 0.15) is 0 Å². The SMILES string of the molecule is FC(F)(CCl)CBr. The molecule has 4 heteroatoms. The molecule has 7 heavy (non-hydrogen) atoms. The maximum atomic E-state index is 11.7. The van der Waals surface area contributed by atoms with Crippen molar-refractivity contribution < 1.29 is 8.78 Å². The lowest BCUT2D eigenvalue weighted by molar-refractivity contribution is 0.0546. The van der Waals surface area contributed by atoms with E-state index in [0.717, 1.165) is 0 Å². The topological polar surface area (TPSA) is 0 Å². The first-order valence-corrected chi connectivity index (χ1v) is 3.28. The van der Waals surface area contributed by atoms with E-state index in [1.807, 2.05) is 0 Å². The highest BCUT2D eigenvalue weighted by molar-refractivity contribution is 9.09. The van der Waals surface area contributed by atoms with Gasteiger partial charge in [0.05, 0.1) is 11.2 Å². The fourth-order valence-electron chi connectivity index (χ4n) is 0.0357. The zero-order valence-corrected chi connectivity index (χ0v) is 5.77. The number of hydrogen-bond acceptors (Lipinski definition) is 0. The Morgan fingerprint density at radius 3 is 2.00 bits per heavy atom. The molecule has 0 nitrogen and oxygen atoms in total. The van der Waals surface area contributed by atoms with Gasteiger partial charge in [0, 0.05) is 0 Å². The van der Waals surface area contributed by atoms with Crippen molar-refractivity contribution in [3.8, 4) is 0 Å². The summed E-state index contributed by atoms with van der Waals surface area (Å²) in [6.07, 6.45) is 0. The molecule has 0 unspecified atom stereocenters. The molecule has 44 valence electrons. The van der Waals surface area contributed by atoms with Crippen molar-refractivity contribution in [2.24, 2.45) is 0 Å². The minimum atomic E-state index is -2.73. The minimum absolute atomic E-state index is 0.358. The highest BCUT2D eigenvalue weighted by Crippen LogP contribution is 2.16. The van der Waals surface area contributed by atoms with E-state index in [-0.39, 0.29) is 5.33 Å². The summed E-state index contributed by atoms with van der Waals surface area (Å²) in [5.74, 6) is -3.35. The van der Waals surface area contributed by atoms with Gasteiger partial charge in [-0.2, -0.15) is 0 Å². The van der Waals surface area contributed by atoms with Crippen molar-refractivity contribution in [3.63, 3.8) is 0 Å². The van der Waals surface area contributed by atoms with Crippen LogP contribution >= 0.6 is 27.5 Å². The average molecular weight is 193 g/mol. The molecule has 0 N–H and O–H groups in total. The molecule has 0 heterocycles. The van der Waals surface area contributed by atoms with Crippen LogP contribution in [0.2, 0.25) is 0 Å². The molecule has 0 saturated heterocycles. The van der Waals surface area contributed by atoms with E-state index in [2.05, 4.69) is 15.9 Å². The quantitative estimate of drug-likeness (QED) is 0.590. The third kappa shape index (κ3) is 3.23. The van der Waals surface area contributed by atoms with Gasteiger partial charge in [-0.1, -0.05) is 15.9 Å². The predicted octanol–water partition coefficient (Wildman–Crippen LogP) is 2.26. The van der Waals surface area contributed by atoms with Gasteiger partial charge in [0.1, 0.15) is 0 Å². The molecule has 0 aromatic heterocycles. The molecule has 0 atom stereocenters. The van der Waals surface area contributed by atoms with Crippen molar-refractivity contribution in [1.82, 2.24) is 0 Å². The second-order valence-electron chi connectivity index (χ2n) is 1.12. The summed E-state index contributed by atoms with van der Waals surface area (Å²) in [6.45, 7) is 0. The Morgan fingerprint density at radius 1 is 1.57 bits per heavy atom. The van der Waals surface area contributed by atoms with Crippen LogP contribution in [0.3, 0.4) is 0 Å². The van der Waals surface area contributed by atoms with Gasteiger partial charge in [-0.05, 0) is 0 Å². The van der Waals surface area contributed by atoms with Crippen LogP contribution in [0.15, 0.2) is 0 Å². The zero-order chi connectivity index (χ0) is 5.91. The van der Waals surface area contributed by atoms with E-state index in [9.17, 15) is 8.78 Å². The minimum Gasteiger partial charge on any atom is -0.205 e. The van der Waals surface area contributed by atoms with Crippen LogP contribution in [-0.4, -0.2) is 17.1 Å². The Hall–Kier alpha value is 0.630. The van der Waals surface area contributed by atoms with Gasteiger partial charge < -0.3 is 0 Å². The fraction of sp³-hybridized carbons (Fsp3) is 1.00. The van der Waals surface area contributed by atoms with Gasteiger partial charge in [-0.3, -0.25) is 0 Å². The van der Waals surface area contributed by atoms with Crippen LogP contribution in [-0.2, 0) is 0 Å². The summed E-state index contributed by atoms with van der Waals surface area (Å²) < 4.78 is 23.4. The van der Waals surface area contributed by atoms with Gasteiger partial charge in [-0.15, -0.1) is 11.6 Å². The maximum absolute atomic E-state index is 11.7. The molecule has 0 saturated carbocycles. The van der Waals surface area contributed by atoms with E-state index in [1.54, 1.807) is 0 Å². The molecule has 0 fully saturated rings. The summed E-state index contributed by atoms with van der Waals surface area (Å²) in [5.41, 5.74) is 0. The average Bonchev–Trinajstić information content (AvgIpc) is 1.68. The Morgan fingerprint density at radius 2 is 2.00 bits per heavy atom. The molecular formula is C3H4BrClF2. The third-order valence-corrected chi connectivity index (χ3v) is 1.60. The molecular weight excluding hydrogens is 189 g/mol. The molecule has 0 bridgehead atoms. The number of halogens is 4. The van der Waals surface area contributed by atoms with Crippen LogP contribution in [0.5, 0.6) is 0 Å². The van der Waals surface area contributed by atoms with E-state index in [1.165, 1.54) is 0 Å². The molecule has 0 amide bonds. The lowest BCUT2D eigenvalue weighted by Crippen LogP contribution is -2.19. The highest BCUT2D eigenvalue weighted by atomic mass is 79.9. The van der Waals surface area contributed by atoms with Crippen LogP contribution in [0.25, 0.3) is 0 Å². The summed E-state index contributed by atoms with van der Waals surface area (Å²) in [7, 11) is 0. The molecule has 0 aliphatic carbocycles. The number of alkyl halides is 4. The Balaban J connectivity index is 3.36. The Kier molecular flexibility index (Phi) is 3.08. The predicted molar refractivity (Wildman–Crippen MR) is 29.5 cm³/mol. The van der Waals surface area contributed by atoms with Crippen molar-refractivity contribution in [2.45, 2.75) is 5.92 Å². The molecule has 0 aromatic rings. The van der Waals surface area contributed by atoms with Gasteiger partial charge in [0.25, 0.3) is 5.92 Å². The maximum Gasteiger partial charge on any atom is 0.270 e. The fourth-order valence-corrected chi connectivity index (χ4v) is 0.557. The van der Waals surface area contributed by atoms with E-state index in [4.69, 9.17) is 11.6 Å². The third-order valence-electron chi connectivity index (χ3n) is 0.391. The van der Waals surface area contributed by atoms with Gasteiger partial charge in [0.15, 0.2) is 0 Å². The summed E-state index contributed by atoms with van der Waals surface area (Å²) in [6, 6.07) is 0.